The van der Waals surface area contributed by atoms with Crippen molar-refractivity contribution >= 4 is 17.5 Å². The van der Waals surface area contributed by atoms with Crippen LogP contribution in [0.15, 0.2) is 18.2 Å². The molecule has 1 unspecified atom stereocenters. The van der Waals surface area contributed by atoms with E-state index in [9.17, 15) is 4.79 Å². The van der Waals surface area contributed by atoms with Crippen molar-refractivity contribution in [2.24, 2.45) is 0 Å². The summed E-state index contributed by atoms with van der Waals surface area (Å²) in [6.45, 7) is 2.39. The standard InChI is InChI=1S/C12H17ClN2O2/c1-8(12(16)14-2)15-7-9-4-5-11(17-3)10(13)6-9/h4-6,8,15H,7H2,1-3H3,(H,14,16). The van der Waals surface area contributed by atoms with Crippen molar-refractivity contribution in [3.8, 4) is 5.75 Å². The summed E-state index contributed by atoms with van der Waals surface area (Å²) in [7, 11) is 3.19. The number of hydrogen-bond acceptors (Lipinski definition) is 3. The van der Waals surface area contributed by atoms with E-state index in [2.05, 4.69) is 10.6 Å². The van der Waals surface area contributed by atoms with Crippen molar-refractivity contribution in [3.63, 3.8) is 0 Å². The Labute approximate surface area is 106 Å². The second-order valence-corrected chi connectivity index (χ2v) is 4.09. The summed E-state index contributed by atoms with van der Waals surface area (Å²) in [5.41, 5.74) is 1.01. The Morgan fingerprint density at radius 1 is 1.53 bits per heavy atom. The van der Waals surface area contributed by atoms with Crippen molar-refractivity contribution in [1.29, 1.82) is 0 Å². The number of ether oxygens (including phenoxy) is 1. The molecule has 0 aromatic heterocycles. The molecule has 2 N–H and O–H groups in total. The molecule has 0 bridgehead atoms. The number of nitrogens with one attached hydrogen (secondary N) is 2. The molecule has 1 atom stereocenters. The molecule has 0 aliphatic rings. The molecule has 0 spiro atoms. The van der Waals surface area contributed by atoms with Gasteiger partial charge in [-0.25, -0.2) is 0 Å². The number of rotatable bonds is 5. The number of carbonyl (C=O) groups excluding carboxylic acids is 1. The Morgan fingerprint density at radius 3 is 2.76 bits per heavy atom. The average molecular weight is 257 g/mol. The largest absolute Gasteiger partial charge is 0.495 e. The fourth-order valence-corrected chi connectivity index (χ4v) is 1.68. The molecule has 1 aromatic rings. The highest BCUT2D eigenvalue weighted by Gasteiger charge is 2.10. The lowest BCUT2D eigenvalue weighted by Crippen LogP contribution is -2.40. The summed E-state index contributed by atoms with van der Waals surface area (Å²) in [5.74, 6) is 0.611. The molecule has 1 aromatic carbocycles. The predicted molar refractivity (Wildman–Crippen MR) is 68.4 cm³/mol. The van der Waals surface area contributed by atoms with Gasteiger partial charge in [0.05, 0.1) is 18.2 Å². The smallest absolute Gasteiger partial charge is 0.236 e. The van der Waals surface area contributed by atoms with E-state index >= 15 is 0 Å². The topological polar surface area (TPSA) is 50.4 Å². The van der Waals surface area contributed by atoms with Gasteiger partial charge in [0.1, 0.15) is 5.75 Å². The molecule has 1 rings (SSSR count). The number of methoxy groups -OCH3 is 1. The summed E-state index contributed by atoms with van der Waals surface area (Å²) >= 11 is 6.00. The second-order valence-electron chi connectivity index (χ2n) is 3.69. The van der Waals surface area contributed by atoms with Crippen LogP contribution in [0.25, 0.3) is 0 Å². The molecule has 94 valence electrons. The minimum Gasteiger partial charge on any atom is -0.495 e. The fourth-order valence-electron chi connectivity index (χ4n) is 1.40. The zero-order valence-corrected chi connectivity index (χ0v) is 11.0. The van der Waals surface area contributed by atoms with E-state index in [0.29, 0.717) is 17.3 Å². The maximum absolute atomic E-state index is 11.3. The van der Waals surface area contributed by atoms with Crippen LogP contribution in [0, 0.1) is 0 Å². The fraction of sp³-hybridized carbons (Fsp3) is 0.417. The number of carbonyl (C=O) groups is 1. The van der Waals surface area contributed by atoms with E-state index in [1.165, 1.54) is 0 Å². The van der Waals surface area contributed by atoms with E-state index in [1.54, 1.807) is 14.2 Å². The summed E-state index contributed by atoms with van der Waals surface area (Å²) in [6, 6.07) is 5.31. The van der Waals surface area contributed by atoms with Crippen molar-refractivity contribution in [2.45, 2.75) is 19.5 Å². The summed E-state index contributed by atoms with van der Waals surface area (Å²) < 4.78 is 5.06. The lowest BCUT2D eigenvalue weighted by Gasteiger charge is -2.12. The van der Waals surface area contributed by atoms with Gasteiger partial charge in [-0.3, -0.25) is 4.79 Å². The Balaban J connectivity index is 2.58. The molecule has 0 radical (unpaired) electrons. The van der Waals surface area contributed by atoms with Crippen molar-refractivity contribution in [1.82, 2.24) is 10.6 Å². The highest BCUT2D eigenvalue weighted by atomic mass is 35.5. The average Bonchev–Trinajstić information content (AvgIpc) is 2.35. The van der Waals surface area contributed by atoms with Gasteiger partial charge < -0.3 is 15.4 Å². The zero-order valence-electron chi connectivity index (χ0n) is 10.2. The lowest BCUT2D eigenvalue weighted by atomic mass is 10.2. The molecule has 1 amide bonds. The Kier molecular flexibility index (Phi) is 5.25. The molecular weight excluding hydrogens is 240 g/mol. The van der Waals surface area contributed by atoms with Crippen LogP contribution in [0.5, 0.6) is 5.75 Å². The van der Waals surface area contributed by atoms with Crippen LogP contribution in [0.1, 0.15) is 12.5 Å². The molecule has 0 saturated carbocycles. The molecule has 0 heterocycles. The van der Waals surface area contributed by atoms with Gasteiger partial charge in [-0.05, 0) is 24.6 Å². The van der Waals surface area contributed by atoms with Gasteiger partial charge >= 0.3 is 0 Å². The Hall–Kier alpha value is -1.26. The number of benzene rings is 1. The van der Waals surface area contributed by atoms with Crippen LogP contribution in [-0.4, -0.2) is 26.1 Å². The van der Waals surface area contributed by atoms with Gasteiger partial charge in [0.2, 0.25) is 5.91 Å². The number of halogens is 1. The first-order chi connectivity index (χ1) is 8.08. The lowest BCUT2D eigenvalue weighted by molar-refractivity contribution is -0.122. The van der Waals surface area contributed by atoms with Gasteiger partial charge in [-0.15, -0.1) is 0 Å². The minimum atomic E-state index is -0.235. The van der Waals surface area contributed by atoms with Crippen molar-refractivity contribution < 1.29 is 9.53 Å². The van der Waals surface area contributed by atoms with Crippen LogP contribution in [0.4, 0.5) is 0 Å². The third kappa shape index (κ3) is 3.91. The molecule has 0 aliphatic carbocycles. The van der Waals surface area contributed by atoms with Crippen molar-refractivity contribution in [3.05, 3.63) is 28.8 Å². The van der Waals surface area contributed by atoms with Crippen LogP contribution in [-0.2, 0) is 11.3 Å². The van der Waals surface area contributed by atoms with Crippen LogP contribution >= 0.6 is 11.6 Å². The van der Waals surface area contributed by atoms with Gasteiger partial charge in [-0.1, -0.05) is 17.7 Å². The molecule has 17 heavy (non-hydrogen) atoms. The molecule has 0 aliphatic heterocycles. The van der Waals surface area contributed by atoms with E-state index in [0.717, 1.165) is 5.56 Å². The third-order valence-corrected chi connectivity index (χ3v) is 2.76. The van der Waals surface area contributed by atoms with Gasteiger partial charge in [0, 0.05) is 13.6 Å². The monoisotopic (exact) mass is 256 g/mol. The number of likely N-dealkylation sites (N-methyl/N-ethyl adjacent to an activating group) is 1. The van der Waals surface area contributed by atoms with Gasteiger partial charge in [-0.2, -0.15) is 0 Å². The molecule has 0 saturated heterocycles. The SMILES string of the molecule is CNC(=O)C(C)NCc1ccc(OC)c(Cl)c1. The van der Waals surface area contributed by atoms with E-state index in [4.69, 9.17) is 16.3 Å². The van der Waals surface area contributed by atoms with Crippen LogP contribution in [0.3, 0.4) is 0 Å². The minimum absolute atomic E-state index is 0.0374. The predicted octanol–water partition coefficient (Wildman–Crippen LogP) is 1.57. The Bertz CT molecular complexity index is 396. The van der Waals surface area contributed by atoms with E-state index < -0.39 is 0 Å². The first kappa shape index (κ1) is 13.8. The maximum Gasteiger partial charge on any atom is 0.236 e. The number of amides is 1. The van der Waals surface area contributed by atoms with E-state index in [1.807, 2.05) is 25.1 Å². The summed E-state index contributed by atoms with van der Waals surface area (Å²) in [6.07, 6.45) is 0. The molecule has 4 nitrogen and oxygen atoms in total. The first-order valence-corrected chi connectivity index (χ1v) is 5.73. The summed E-state index contributed by atoms with van der Waals surface area (Å²) in [5, 5.41) is 6.25. The Morgan fingerprint density at radius 2 is 2.24 bits per heavy atom. The van der Waals surface area contributed by atoms with Crippen LogP contribution in [0.2, 0.25) is 5.02 Å². The molecule has 5 heteroatoms. The van der Waals surface area contributed by atoms with Gasteiger partial charge in [0.25, 0.3) is 0 Å². The quantitative estimate of drug-likeness (QED) is 0.841. The molecule has 0 fully saturated rings. The highest BCUT2D eigenvalue weighted by Crippen LogP contribution is 2.24. The van der Waals surface area contributed by atoms with Crippen LogP contribution < -0.4 is 15.4 Å². The second kappa shape index (κ2) is 6.47. The number of hydrogen-bond donors (Lipinski definition) is 2. The van der Waals surface area contributed by atoms with E-state index in [-0.39, 0.29) is 11.9 Å². The third-order valence-electron chi connectivity index (χ3n) is 2.47. The maximum atomic E-state index is 11.3. The normalized spacial score (nSPS) is 12.0. The first-order valence-electron chi connectivity index (χ1n) is 5.36. The van der Waals surface area contributed by atoms with Crippen molar-refractivity contribution in [2.75, 3.05) is 14.2 Å². The zero-order chi connectivity index (χ0) is 12.8. The highest BCUT2D eigenvalue weighted by molar-refractivity contribution is 6.32. The molecular formula is C12H17ClN2O2. The van der Waals surface area contributed by atoms with Gasteiger partial charge in [0.15, 0.2) is 0 Å². The summed E-state index contributed by atoms with van der Waals surface area (Å²) in [4.78, 5) is 11.3.